The summed E-state index contributed by atoms with van der Waals surface area (Å²) >= 11 is 6.30. The van der Waals surface area contributed by atoms with Crippen molar-refractivity contribution in [1.82, 2.24) is 9.88 Å². The van der Waals surface area contributed by atoms with E-state index in [9.17, 15) is 9.90 Å². The van der Waals surface area contributed by atoms with Gasteiger partial charge in [-0.25, -0.2) is 4.79 Å². The molecule has 1 aliphatic heterocycles. The lowest BCUT2D eigenvalue weighted by Crippen LogP contribution is -2.53. The Balaban J connectivity index is 1.15. The van der Waals surface area contributed by atoms with Gasteiger partial charge in [-0.15, -0.1) is 0 Å². The summed E-state index contributed by atoms with van der Waals surface area (Å²) in [4.78, 5) is 20.1. The normalized spacial score (nSPS) is 27.1. The fourth-order valence-electron chi connectivity index (χ4n) is 9.58. The highest BCUT2D eigenvalue weighted by atomic mass is 35.5. The van der Waals surface area contributed by atoms with Gasteiger partial charge in [0.15, 0.2) is 11.5 Å². The second-order valence-corrected chi connectivity index (χ2v) is 16.1. The van der Waals surface area contributed by atoms with Crippen molar-refractivity contribution in [2.45, 2.75) is 108 Å². The Hall–Kier alpha value is -3.49. The molecule has 8 nitrogen and oxygen atoms in total. The van der Waals surface area contributed by atoms with Crippen LogP contribution < -0.4 is 19.5 Å². The fraction of sp³-hybridized carbons (Fsp3) is 0.571. The molecule has 0 saturated heterocycles. The smallest absolute Gasteiger partial charge is 0.329 e. The molecule has 0 radical (unpaired) electrons. The molecule has 1 spiro atoms. The lowest BCUT2D eigenvalue weighted by atomic mass is 9.59. The van der Waals surface area contributed by atoms with E-state index in [2.05, 4.69) is 55.0 Å². The molecule has 51 heavy (non-hydrogen) atoms. The molecule has 4 aliphatic rings. The molecular formula is C42H54ClN3O5. The van der Waals surface area contributed by atoms with Crippen LogP contribution in [0, 0.1) is 11.8 Å². The number of nitrogens with zero attached hydrogens (tertiary/aromatic N) is 2. The Morgan fingerprint density at radius 2 is 1.94 bits per heavy atom. The van der Waals surface area contributed by atoms with Gasteiger partial charge in [-0.1, -0.05) is 45.4 Å². The number of pyridine rings is 1. The number of anilines is 1. The van der Waals surface area contributed by atoms with E-state index in [1.54, 1.807) is 0 Å². The van der Waals surface area contributed by atoms with E-state index >= 15 is 0 Å². The summed E-state index contributed by atoms with van der Waals surface area (Å²) in [5.74, 6) is 2.92. The average Bonchev–Trinajstić information content (AvgIpc) is 3.40. The molecule has 2 N–H and O–H groups in total. The molecule has 4 atom stereocenters. The van der Waals surface area contributed by atoms with E-state index in [0.29, 0.717) is 48.8 Å². The molecule has 2 unspecified atom stereocenters. The minimum Gasteiger partial charge on any atom is -0.493 e. The van der Waals surface area contributed by atoms with Crippen molar-refractivity contribution in [1.29, 1.82) is 0 Å². The number of hydrogen-bond donors (Lipinski definition) is 2. The minimum atomic E-state index is -1.07. The van der Waals surface area contributed by atoms with Crippen molar-refractivity contribution in [3.8, 4) is 17.2 Å². The van der Waals surface area contributed by atoms with Crippen LogP contribution in [0.3, 0.4) is 0 Å². The molecule has 7 rings (SSSR count). The van der Waals surface area contributed by atoms with Gasteiger partial charge in [-0.3, -0.25) is 4.98 Å². The van der Waals surface area contributed by atoms with Crippen molar-refractivity contribution in [2.75, 3.05) is 38.2 Å². The van der Waals surface area contributed by atoms with Gasteiger partial charge < -0.3 is 29.5 Å². The van der Waals surface area contributed by atoms with Crippen LogP contribution in [0.5, 0.6) is 17.2 Å². The van der Waals surface area contributed by atoms with E-state index in [4.69, 9.17) is 25.8 Å². The third-order valence-electron chi connectivity index (χ3n) is 12.4. The highest BCUT2D eigenvalue weighted by Gasteiger charge is 2.54. The highest BCUT2D eigenvalue weighted by Crippen LogP contribution is 2.58. The first-order chi connectivity index (χ1) is 24.6. The molecule has 274 valence electrons. The molecule has 9 heteroatoms. The molecule has 3 aromatic rings. The minimum absolute atomic E-state index is 0.0321. The molecule has 2 heterocycles. The molecular weight excluding hydrogens is 662 g/mol. The van der Waals surface area contributed by atoms with Gasteiger partial charge in [0.1, 0.15) is 24.0 Å². The molecule has 2 aromatic carbocycles. The third kappa shape index (κ3) is 7.15. The third-order valence-corrected chi connectivity index (χ3v) is 12.7. The van der Waals surface area contributed by atoms with Gasteiger partial charge in [-0.2, -0.15) is 0 Å². The van der Waals surface area contributed by atoms with Crippen LogP contribution >= 0.6 is 11.6 Å². The maximum atomic E-state index is 13.0. The summed E-state index contributed by atoms with van der Waals surface area (Å²) in [6.45, 7) is 12.9. The Morgan fingerprint density at radius 1 is 1.14 bits per heavy atom. The number of nitrogens with one attached hydrogen (secondary N) is 1. The van der Waals surface area contributed by atoms with Gasteiger partial charge >= 0.3 is 5.97 Å². The van der Waals surface area contributed by atoms with Crippen molar-refractivity contribution < 1.29 is 24.1 Å². The Bertz CT molecular complexity index is 1720. The molecule has 1 fully saturated rings. The summed E-state index contributed by atoms with van der Waals surface area (Å²) < 4.78 is 19.6. The van der Waals surface area contributed by atoms with E-state index in [1.165, 1.54) is 35.2 Å². The van der Waals surface area contributed by atoms with Crippen molar-refractivity contribution in [2.24, 2.45) is 11.8 Å². The number of rotatable bonds is 12. The number of benzene rings is 2. The molecule has 0 bridgehead atoms. The summed E-state index contributed by atoms with van der Waals surface area (Å²) in [5.41, 5.74) is 4.58. The largest absolute Gasteiger partial charge is 0.493 e. The van der Waals surface area contributed by atoms with E-state index in [1.807, 2.05) is 36.5 Å². The Labute approximate surface area is 308 Å². The number of hydrogen-bond acceptors (Lipinski definition) is 7. The number of fused-ring (bicyclic) bond motifs is 4. The van der Waals surface area contributed by atoms with Gasteiger partial charge in [0.2, 0.25) is 0 Å². The number of aryl methyl sites for hydroxylation is 1. The lowest BCUT2D eigenvalue weighted by Gasteiger charge is -2.47. The number of aliphatic carboxylic acids is 1. The quantitative estimate of drug-likeness (QED) is 0.193. The maximum Gasteiger partial charge on any atom is 0.329 e. The van der Waals surface area contributed by atoms with Gasteiger partial charge in [0.25, 0.3) is 0 Å². The van der Waals surface area contributed by atoms with Crippen LogP contribution in [0.15, 0.2) is 48.7 Å². The van der Waals surface area contributed by atoms with Crippen molar-refractivity contribution in [3.63, 3.8) is 0 Å². The van der Waals surface area contributed by atoms with Crippen LogP contribution in [0.25, 0.3) is 0 Å². The lowest BCUT2D eigenvalue weighted by molar-refractivity contribution is -0.144. The van der Waals surface area contributed by atoms with Crippen LogP contribution in [0.4, 0.5) is 5.69 Å². The van der Waals surface area contributed by atoms with Crippen LogP contribution in [-0.2, 0) is 23.1 Å². The zero-order valence-electron chi connectivity index (χ0n) is 30.7. The van der Waals surface area contributed by atoms with E-state index in [0.717, 1.165) is 74.7 Å². The second kappa shape index (κ2) is 14.9. The number of likely N-dealkylation sites (N-methyl/N-ethyl adjacent to an activating group) is 1. The van der Waals surface area contributed by atoms with Gasteiger partial charge in [0.05, 0.1) is 6.61 Å². The number of carbonyl (C=O) groups is 1. The number of aromatic nitrogens is 1. The van der Waals surface area contributed by atoms with E-state index in [-0.39, 0.29) is 11.5 Å². The van der Waals surface area contributed by atoms with Crippen LogP contribution in [0.1, 0.15) is 101 Å². The van der Waals surface area contributed by atoms with Gasteiger partial charge in [0, 0.05) is 34.7 Å². The maximum absolute atomic E-state index is 13.0. The summed E-state index contributed by atoms with van der Waals surface area (Å²) in [6.07, 6.45) is 9.69. The second-order valence-electron chi connectivity index (χ2n) is 15.7. The Kier molecular flexibility index (Phi) is 10.5. The summed E-state index contributed by atoms with van der Waals surface area (Å²) in [6, 6.07) is 13.9. The first-order valence-electron chi connectivity index (χ1n) is 19.2. The topological polar surface area (TPSA) is 93.2 Å². The standard InChI is InChI=1S/C42H54ClN3O5/c1-5-46(6-2)24-33-26-50-37-21-29-20-30(19-27(3)25-49-36-13-18-44-35-12-7-9-28(4)39(35)36)41(34(29)23-38(37)51-33)14-16-42(17-15-41,40(47)48)45-32-11-8-10-31(43)22-32/h8,10-11,13,18,21-23,27-28,30,33,45H,5-7,9,12,14-17,19-20,24-26H2,1-4H3,(H,47,48)/t27-,28-,30?,33?,41?,42?/m1/s1. The monoisotopic (exact) mass is 715 g/mol. The Morgan fingerprint density at radius 3 is 2.69 bits per heavy atom. The predicted molar refractivity (Wildman–Crippen MR) is 202 cm³/mol. The SMILES string of the molecule is CCN(CC)CC1COc2cc3c(cc2O1)C1(CCC(Nc2cccc(Cl)c2)(C(=O)O)CC1)C(C[C@@H](C)COc1ccnc2c1[C@H](C)CCC2)C3. The highest BCUT2D eigenvalue weighted by molar-refractivity contribution is 6.30. The first kappa shape index (κ1) is 35.9. The number of carboxylic acid groups (broad SMARTS) is 1. The fourth-order valence-corrected chi connectivity index (χ4v) is 9.77. The predicted octanol–water partition coefficient (Wildman–Crippen LogP) is 8.68. The molecule has 0 amide bonds. The average molecular weight is 716 g/mol. The van der Waals surface area contributed by atoms with Crippen molar-refractivity contribution >= 4 is 23.3 Å². The van der Waals surface area contributed by atoms with Crippen LogP contribution in [0.2, 0.25) is 5.02 Å². The van der Waals surface area contributed by atoms with Gasteiger partial charge in [-0.05, 0) is 142 Å². The first-order valence-corrected chi connectivity index (χ1v) is 19.6. The summed E-state index contributed by atoms with van der Waals surface area (Å²) in [7, 11) is 0. The van der Waals surface area contributed by atoms with E-state index < -0.39 is 11.5 Å². The van der Waals surface area contributed by atoms with Crippen molar-refractivity contribution in [3.05, 3.63) is 76.1 Å². The van der Waals surface area contributed by atoms with Crippen LogP contribution in [-0.4, -0.2) is 65.5 Å². The number of carboxylic acids is 1. The number of ether oxygens (including phenoxy) is 3. The molecule has 1 aromatic heterocycles. The zero-order valence-corrected chi connectivity index (χ0v) is 31.4. The zero-order chi connectivity index (χ0) is 35.8. The summed E-state index contributed by atoms with van der Waals surface area (Å²) in [5, 5.41) is 14.7. The molecule has 1 saturated carbocycles. The number of halogens is 1. The molecule has 3 aliphatic carbocycles.